The lowest BCUT2D eigenvalue weighted by molar-refractivity contribution is -0.384. The molecule has 24 heavy (non-hydrogen) atoms. The van der Waals surface area contributed by atoms with Crippen LogP contribution in [0.4, 0.5) is 11.4 Å². The number of amides is 1. The first kappa shape index (κ1) is 17.4. The first-order valence-electron chi connectivity index (χ1n) is 6.74. The van der Waals surface area contributed by atoms with Crippen LogP contribution in [0.1, 0.15) is 17.3 Å². The minimum Gasteiger partial charge on any atom is -0.480 e. The molecule has 1 atom stereocenters. The molecule has 0 radical (unpaired) electrons. The van der Waals surface area contributed by atoms with Crippen LogP contribution in [0.3, 0.4) is 0 Å². The number of nitro benzene ring substituents is 1. The Labute approximate surface area is 141 Å². The van der Waals surface area contributed by atoms with Gasteiger partial charge in [0.25, 0.3) is 11.6 Å². The van der Waals surface area contributed by atoms with E-state index in [1.54, 1.807) is 12.1 Å². The molecular weight excluding hydrogens is 338 g/mol. The monoisotopic (exact) mass is 349 g/mol. The number of carbonyl (C=O) groups excluding carboxylic acids is 2. The van der Waals surface area contributed by atoms with Gasteiger partial charge in [-0.25, -0.2) is 4.98 Å². The highest BCUT2D eigenvalue weighted by Gasteiger charge is 2.19. The van der Waals surface area contributed by atoms with Gasteiger partial charge in [-0.2, -0.15) is 0 Å². The third kappa shape index (κ3) is 4.05. The van der Waals surface area contributed by atoms with Gasteiger partial charge in [-0.1, -0.05) is 11.6 Å². The number of benzene rings is 1. The van der Waals surface area contributed by atoms with Gasteiger partial charge in [0.05, 0.1) is 16.2 Å². The Morgan fingerprint density at radius 2 is 2.21 bits per heavy atom. The van der Waals surface area contributed by atoms with Crippen LogP contribution in [0.25, 0.3) is 0 Å². The predicted octanol–water partition coefficient (Wildman–Crippen LogP) is 2.86. The third-order valence-corrected chi connectivity index (χ3v) is 3.32. The summed E-state index contributed by atoms with van der Waals surface area (Å²) in [6, 6.07) is 6.70. The molecule has 0 bridgehead atoms. The highest BCUT2D eigenvalue weighted by molar-refractivity contribution is 6.32. The van der Waals surface area contributed by atoms with E-state index in [0.717, 1.165) is 6.07 Å². The van der Waals surface area contributed by atoms with E-state index in [9.17, 15) is 19.7 Å². The first-order chi connectivity index (χ1) is 11.4. The number of nitro groups is 1. The molecule has 0 spiro atoms. The number of ether oxygens (including phenoxy) is 1. The van der Waals surface area contributed by atoms with E-state index in [1.807, 2.05) is 0 Å². The fourth-order valence-corrected chi connectivity index (χ4v) is 1.97. The number of carbonyl (C=O) groups is 2. The fraction of sp³-hybridized carbons (Fsp3) is 0.133. The highest BCUT2D eigenvalue weighted by atomic mass is 35.5. The molecule has 0 saturated carbocycles. The van der Waals surface area contributed by atoms with E-state index in [1.165, 1.54) is 25.3 Å². The maximum atomic E-state index is 12.1. The standard InChI is InChI=1S/C15H12ClN3O5/c1-9(15(21)18-12-3-2-6-17-14(12)16)24-13-5-4-11(19(22)23)7-10(13)8-20/h2-9H,1H3,(H,18,21)/t9-/m1/s1. The van der Waals surface area contributed by atoms with E-state index >= 15 is 0 Å². The van der Waals surface area contributed by atoms with Crippen molar-refractivity contribution in [1.29, 1.82) is 0 Å². The van der Waals surface area contributed by atoms with E-state index in [0.29, 0.717) is 12.0 Å². The molecule has 124 valence electrons. The Morgan fingerprint density at radius 3 is 2.83 bits per heavy atom. The molecule has 0 aliphatic rings. The summed E-state index contributed by atoms with van der Waals surface area (Å²) in [6.45, 7) is 1.47. The second-order valence-electron chi connectivity index (χ2n) is 4.69. The van der Waals surface area contributed by atoms with Crippen molar-refractivity contribution in [3.05, 3.63) is 57.4 Å². The van der Waals surface area contributed by atoms with Crippen LogP contribution in [0.15, 0.2) is 36.5 Å². The number of nitrogens with zero attached hydrogens (tertiary/aromatic N) is 2. The smallest absolute Gasteiger partial charge is 0.270 e. The molecule has 0 saturated heterocycles. The lowest BCUT2D eigenvalue weighted by atomic mass is 10.2. The van der Waals surface area contributed by atoms with Crippen molar-refractivity contribution in [1.82, 2.24) is 4.98 Å². The SMILES string of the molecule is C[C@@H](Oc1ccc([N+](=O)[O-])cc1C=O)C(=O)Nc1cccnc1Cl. The van der Waals surface area contributed by atoms with Gasteiger partial charge in [0.2, 0.25) is 0 Å². The Balaban J connectivity index is 2.12. The van der Waals surface area contributed by atoms with Crippen LogP contribution >= 0.6 is 11.6 Å². The number of anilines is 1. The van der Waals surface area contributed by atoms with Crippen molar-refractivity contribution in [2.45, 2.75) is 13.0 Å². The molecule has 1 aromatic heterocycles. The van der Waals surface area contributed by atoms with Gasteiger partial charge in [-0.05, 0) is 25.1 Å². The molecule has 1 aromatic carbocycles. The molecule has 0 aliphatic heterocycles. The Morgan fingerprint density at radius 1 is 1.46 bits per heavy atom. The summed E-state index contributed by atoms with van der Waals surface area (Å²) in [6.07, 6.45) is 0.928. The molecule has 9 heteroatoms. The van der Waals surface area contributed by atoms with Crippen LogP contribution in [-0.4, -0.2) is 28.2 Å². The van der Waals surface area contributed by atoms with E-state index in [4.69, 9.17) is 16.3 Å². The van der Waals surface area contributed by atoms with E-state index in [2.05, 4.69) is 10.3 Å². The molecule has 0 aliphatic carbocycles. The third-order valence-electron chi connectivity index (χ3n) is 3.02. The Kier molecular flexibility index (Phi) is 5.43. The van der Waals surface area contributed by atoms with Crippen LogP contribution < -0.4 is 10.1 Å². The number of aldehydes is 1. The molecule has 8 nitrogen and oxygen atoms in total. The minimum absolute atomic E-state index is 0.0248. The summed E-state index contributed by atoms with van der Waals surface area (Å²) in [4.78, 5) is 37.1. The molecular formula is C15H12ClN3O5. The van der Waals surface area contributed by atoms with Crippen molar-refractivity contribution in [3.8, 4) is 5.75 Å². The summed E-state index contributed by atoms with van der Waals surface area (Å²) >= 11 is 5.85. The van der Waals surface area contributed by atoms with E-state index in [-0.39, 0.29) is 22.2 Å². The molecule has 1 N–H and O–H groups in total. The number of non-ortho nitro benzene ring substituents is 1. The Bertz CT molecular complexity index is 796. The van der Waals surface area contributed by atoms with Crippen LogP contribution in [0.2, 0.25) is 5.15 Å². The summed E-state index contributed by atoms with van der Waals surface area (Å²) < 4.78 is 5.42. The lowest BCUT2D eigenvalue weighted by Gasteiger charge is -2.16. The average molecular weight is 350 g/mol. The van der Waals surface area contributed by atoms with Gasteiger partial charge in [-0.3, -0.25) is 19.7 Å². The average Bonchev–Trinajstić information content (AvgIpc) is 2.56. The van der Waals surface area contributed by atoms with E-state index < -0.39 is 16.9 Å². The minimum atomic E-state index is -0.971. The van der Waals surface area contributed by atoms with Crippen molar-refractivity contribution in [2.24, 2.45) is 0 Å². The van der Waals surface area contributed by atoms with Crippen LogP contribution in [0, 0.1) is 10.1 Å². The van der Waals surface area contributed by atoms with Crippen molar-refractivity contribution in [2.75, 3.05) is 5.32 Å². The normalized spacial score (nSPS) is 11.4. The van der Waals surface area contributed by atoms with Crippen LogP contribution in [0.5, 0.6) is 5.75 Å². The zero-order chi connectivity index (χ0) is 17.7. The topological polar surface area (TPSA) is 111 Å². The van der Waals surface area contributed by atoms with Gasteiger partial charge < -0.3 is 10.1 Å². The molecule has 0 fully saturated rings. The number of hydrogen-bond acceptors (Lipinski definition) is 6. The van der Waals surface area contributed by atoms with Gasteiger partial charge in [-0.15, -0.1) is 0 Å². The predicted molar refractivity (Wildman–Crippen MR) is 86.5 cm³/mol. The van der Waals surface area contributed by atoms with Gasteiger partial charge in [0.1, 0.15) is 5.75 Å². The molecule has 2 rings (SSSR count). The number of rotatable bonds is 6. The van der Waals surface area contributed by atoms with Crippen molar-refractivity contribution >= 4 is 35.2 Å². The van der Waals surface area contributed by atoms with Crippen molar-refractivity contribution in [3.63, 3.8) is 0 Å². The summed E-state index contributed by atoms with van der Waals surface area (Å²) in [7, 11) is 0. The summed E-state index contributed by atoms with van der Waals surface area (Å²) in [5.41, 5.74) is 0.0471. The lowest BCUT2D eigenvalue weighted by Crippen LogP contribution is -2.30. The van der Waals surface area contributed by atoms with Gasteiger partial charge in [0.15, 0.2) is 17.5 Å². The quantitative estimate of drug-likeness (QED) is 0.371. The van der Waals surface area contributed by atoms with Crippen LogP contribution in [-0.2, 0) is 4.79 Å². The number of pyridine rings is 1. The second-order valence-corrected chi connectivity index (χ2v) is 5.05. The zero-order valence-electron chi connectivity index (χ0n) is 12.4. The largest absolute Gasteiger partial charge is 0.480 e. The number of halogens is 1. The first-order valence-corrected chi connectivity index (χ1v) is 7.12. The number of nitrogens with one attached hydrogen (secondary N) is 1. The summed E-state index contributed by atoms with van der Waals surface area (Å²) in [5, 5.41) is 13.4. The number of hydrogen-bond donors (Lipinski definition) is 1. The molecule has 2 aromatic rings. The Hall–Kier alpha value is -3.00. The molecule has 0 unspecified atom stereocenters. The van der Waals surface area contributed by atoms with Gasteiger partial charge >= 0.3 is 0 Å². The maximum absolute atomic E-state index is 12.1. The van der Waals surface area contributed by atoms with Gasteiger partial charge in [0, 0.05) is 18.3 Å². The fourth-order valence-electron chi connectivity index (χ4n) is 1.81. The maximum Gasteiger partial charge on any atom is 0.270 e. The number of aromatic nitrogens is 1. The molecule has 1 heterocycles. The molecule has 1 amide bonds. The zero-order valence-corrected chi connectivity index (χ0v) is 13.2. The highest BCUT2D eigenvalue weighted by Crippen LogP contribution is 2.24. The summed E-state index contributed by atoms with van der Waals surface area (Å²) in [5.74, 6) is -0.448. The second kappa shape index (κ2) is 7.51. The van der Waals surface area contributed by atoms with Crippen molar-refractivity contribution < 1.29 is 19.2 Å².